The number of amides is 1. The maximum atomic E-state index is 13.0. The summed E-state index contributed by atoms with van der Waals surface area (Å²) in [7, 11) is -2.36. The summed E-state index contributed by atoms with van der Waals surface area (Å²) in [4.78, 5) is 12.6. The lowest BCUT2D eigenvalue weighted by atomic mass is 9.88. The Labute approximate surface area is 166 Å². The number of hydrogen-bond donors (Lipinski definition) is 2. The van der Waals surface area contributed by atoms with Gasteiger partial charge < -0.3 is 10.1 Å². The zero-order valence-corrected chi connectivity index (χ0v) is 17.0. The van der Waals surface area contributed by atoms with Crippen molar-refractivity contribution in [1.82, 2.24) is 0 Å². The summed E-state index contributed by atoms with van der Waals surface area (Å²) in [6.07, 6.45) is 5.07. The molecule has 1 aliphatic carbocycles. The predicted octanol–water partition coefficient (Wildman–Crippen LogP) is 4.32. The Bertz CT molecular complexity index is 951. The Morgan fingerprint density at radius 3 is 2.50 bits per heavy atom. The Hall–Kier alpha value is -2.54. The average molecular weight is 403 g/mol. The van der Waals surface area contributed by atoms with Crippen LogP contribution in [-0.2, 0) is 14.8 Å². The molecule has 0 bridgehead atoms. The van der Waals surface area contributed by atoms with Gasteiger partial charge in [0.15, 0.2) is 0 Å². The van der Waals surface area contributed by atoms with Crippen molar-refractivity contribution in [1.29, 1.82) is 0 Å². The summed E-state index contributed by atoms with van der Waals surface area (Å²) in [5, 5.41) is 2.88. The van der Waals surface area contributed by atoms with E-state index in [-0.39, 0.29) is 16.7 Å². The molecule has 0 heterocycles. The van der Waals surface area contributed by atoms with E-state index in [4.69, 9.17) is 4.74 Å². The number of para-hydroxylation sites is 2. The first-order valence-electron chi connectivity index (χ1n) is 9.48. The fourth-order valence-corrected chi connectivity index (χ4v) is 4.85. The number of carbonyl (C=O) groups is 1. The summed E-state index contributed by atoms with van der Waals surface area (Å²) >= 11 is 0. The topological polar surface area (TPSA) is 84.5 Å². The van der Waals surface area contributed by atoms with Crippen LogP contribution >= 0.6 is 0 Å². The summed E-state index contributed by atoms with van der Waals surface area (Å²) < 4.78 is 33.7. The molecule has 150 valence electrons. The molecule has 0 aromatic heterocycles. The fraction of sp³-hybridized carbons (Fsp3) is 0.381. The van der Waals surface area contributed by atoms with Crippen molar-refractivity contribution in [2.24, 2.45) is 5.92 Å². The standard InChI is InChI=1S/C21H26N2O4S/c1-15-12-13-17(22-21(24)16-8-4-3-5-9-16)14-20(15)28(25,26)23-18-10-6-7-11-19(18)27-2/h6-7,10-14,16,23H,3-5,8-9H2,1-2H3,(H,22,24). The van der Waals surface area contributed by atoms with Crippen molar-refractivity contribution in [3.8, 4) is 5.75 Å². The number of ether oxygens (including phenoxy) is 1. The molecule has 1 amide bonds. The van der Waals surface area contributed by atoms with Gasteiger partial charge in [-0.25, -0.2) is 8.42 Å². The summed E-state index contributed by atoms with van der Waals surface area (Å²) in [5.41, 5.74) is 1.45. The highest BCUT2D eigenvalue weighted by Gasteiger charge is 2.23. The number of rotatable bonds is 6. The second-order valence-electron chi connectivity index (χ2n) is 7.11. The van der Waals surface area contributed by atoms with Crippen LogP contribution in [0.25, 0.3) is 0 Å². The highest BCUT2D eigenvalue weighted by Crippen LogP contribution is 2.29. The molecular formula is C21H26N2O4S. The summed E-state index contributed by atoms with van der Waals surface area (Å²) in [6, 6.07) is 11.8. The first-order valence-corrected chi connectivity index (χ1v) is 11.0. The highest BCUT2D eigenvalue weighted by atomic mass is 32.2. The lowest BCUT2D eigenvalue weighted by Gasteiger charge is -2.21. The van der Waals surface area contributed by atoms with Crippen molar-refractivity contribution >= 4 is 27.3 Å². The normalized spacial score (nSPS) is 15.1. The second-order valence-corrected chi connectivity index (χ2v) is 8.76. The van der Waals surface area contributed by atoms with Crippen LogP contribution in [0.5, 0.6) is 5.75 Å². The molecule has 1 aliphatic rings. The number of sulfonamides is 1. The number of nitrogens with one attached hydrogen (secondary N) is 2. The molecule has 2 aromatic rings. The minimum absolute atomic E-state index is 0.00168. The Balaban J connectivity index is 1.82. The largest absolute Gasteiger partial charge is 0.495 e. The molecule has 0 aliphatic heterocycles. The number of methoxy groups -OCH3 is 1. The minimum Gasteiger partial charge on any atom is -0.495 e. The lowest BCUT2D eigenvalue weighted by molar-refractivity contribution is -0.120. The van der Waals surface area contributed by atoms with Crippen LogP contribution in [0.4, 0.5) is 11.4 Å². The van der Waals surface area contributed by atoms with Gasteiger partial charge in [0.1, 0.15) is 5.75 Å². The van der Waals surface area contributed by atoms with E-state index in [1.54, 1.807) is 43.3 Å². The SMILES string of the molecule is COc1ccccc1NS(=O)(=O)c1cc(NC(=O)C2CCCCC2)ccc1C. The molecule has 0 atom stereocenters. The minimum atomic E-state index is -3.84. The van der Waals surface area contributed by atoms with E-state index in [1.807, 2.05) is 0 Å². The first kappa shape index (κ1) is 20.2. The molecule has 2 N–H and O–H groups in total. The van der Waals surface area contributed by atoms with Crippen molar-refractivity contribution in [2.45, 2.75) is 43.9 Å². The third kappa shape index (κ3) is 4.65. The van der Waals surface area contributed by atoms with Gasteiger partial charge >= 0.3 is 0 Å². The van der Waals surface area contributed by atoms with E-state index in [1.165, 1.54) is 19.6 Å². The molecule has 3 rings (SSSR count). The number of hydrogen-bond acceptors (Lipinski definition) is 4. The highest BCUT2D eigenvalue weighted by molar-refractivity contribution is 7.92. The average Bonchev–Trinajstić information content (AvgIpc) is 2.70. The van der Waals surface area contributed by atoms with E-state index < -0.39 is 10.0 Å². The zero-order valence-electron chi connectivity index (χ0n) is 16.2. The fourth-order valence-electron chi connectivity index (χ4n) is 3.51. The van der Waals surface area contributed by atoms with Crippen LogP contribution in [0, 0.1) is 12.8 Å². The zero-order chi connectivity index (χ0) is 20.1. The molecule has 0 spiro atoms. The summed E-state index contributed by atoms with van der Waals surface area (Å²) in [6.45, 7) is 1.73. The predicted molar refractivity (Wildman–Crippen MR) is 110 cm³/mol. The van der Waals surface area contributed by atoms with E-state index >= 15 is 0 Å². The first-order chi connectivity index (χ1) is 13.4. The molecular weight excluding hydrogens is 376 g/mol. The van der Waals surface area contributed by atoms with Crippen molar-refractivity contribution in [3.05, 3.63) is 48.0 Å². The molecule has 6 nitrogen and oxygen atoms in total. The molecule has 0 radical (unpaired) electrons. The van der Waals surface area contributed by atoms with Crippen LogP contribution in [0.15, 0.2) is 47.4 Å². The second kappa shape index (κ2) is 8.65. The van der Waals surface area contributed by atoms with Gasteiger partial charge in [-0.2, -0.15) is 0 Å². The number of carbonyl (C=O) groups excluding carboxylic acids is 1. The maximum Gasteiger partial charge on any atom is 0.262 e. The smallest absolute Gasteiger partial charge is 0.262 e. The monoisotopic (exact) mass is 402 g/mol. The van der Waals surface area contributed by atoms with Crippen LogP contribution in [0.2, 0.25) is 0 Å². The molecule has 7 heteroatoms. The third-order valence-electron chi connectivity index (χ3n) is 5.07. The van der Waals surface area contributed by atoms with Gasteiger partial charge in [-0.05, 0) is 49.6 Å². The van der Waals surface area contributed by atoms with Gasteiger partial charge in [-0.3, -0.25) is 9.52 Å². The van der Waals surface area contributed by atoms with Gasteiger partial charge in [0.2, 0.25) is 5.91 Å². The Morgan fingerprint density at radius 2 is 1.79 bits per heavy atom. The molecule has 1 saturated carbocycles. The van der Waals surface area contributed by atoms with Gasteiger partial charge in [0, 0.05) is 11.6 Å². The number of benzene rings is 2. The Kier molecular flexibility index (Phi) is 6.24. The van der Waals surface area contributed by atoms with Crippen molar-refractivity contribution < 1.29 is 17.9 Å². The van der Waals surface area contributed by atoms with E-state index in [2.05, 4.69) is 10.0 Å². The van der Waals surface area contributed by atoms with E-state index in [9.17, 15) is 13.2 Å². The van der Waals surface area contributed by atoms with Crippen molar-refractivity contribution in [3.63, 3.8) is 0 Å². The van der Waals surface area contributed by atoms with Crippen LogP contribution in [0.1, 0.15) is 37.7 Å². The van der Waals surface area contributed by atoms with Gasteiger partial charge in [-0.1, -0.05) is 37.5 Å². The maximum absolute atomic E-state index is 13.0. The summed E-state index contributed by atoms with van der Waals surface area (Å²) in [5.74, 6) is 0.400. The third-order valence-corrected chi connectivity index (χ3v) is 6.58. The van der Waals surface area contributed by atoms with Gasteiger partial charge in [0.25, 0.3) is 10.0 Å². The molecule has 1 fully saturated rings. The van der Waals surface area contributed by atoms with Crippen molar-refractivity contribution in [2.75, 3.05) is 17.1 Å². The lowest BCUT2D eigenvalue weighted by Crippen LogP contribution is -2.25. The Morgan fingerprint density at radius 1 is 1.07 bits per heavy atom. The number of aryl methyl sites for hydroxylation is 1. The van der Waals surface area contributed by atoms with Crippen LogP contribution in [0.3, 0.4) is 0 Å². The van der Waals surface area contributed by atoms with E-state index in [0.29, 0.717) is 22.7 Å². The van der Waals surface area contributed by atoms with Crippen LogP contribution in [-0.4, -0.2) is 21.4 Å². The quantitative estimate of drug-likeness (QED) is 0.753. The van der Waals surface area contributed by atoms with Gasteiger partial charge in [0.05, 0.1) is 17.7 Å². The molecule has 0 unspecified atom stereocenters. The molecule has 2 aromatic carbocycles. The van der Waals surface area contributed by atoms with E-state index in [0.717, 1.165) is 25.7 Å². The molecule has 0 saturated heterocycles. The molecule has 28 heavy (non-hydrogen) atoms. The van der Waals surface area contributed by atoms with Crippen LogP contribution < -0.4 is 14.8 Å². The number of anilines is 2. The van der Waals surface area contributed by atoms with Gasteiger partial charge in [-0.15, -0.1) is 0 Å².